The number of nitrogens with one attached hydrogen (secondary N) is 2. The number of aromatic nitrogens is 2. The Labute approximate surface area is 162 Å². The monoisotopic (exact) mass is 413 g/mol. The maximum absolute atomic E-state index is 13.7. The van der Waals surface area contributed by atoms with E-state index >= 15 is 0 Å². The first-order chi connectivity index (χ1) is 12.8. The van der Waals surface area contributed by atoms with Crippen LogP contribution in [0, 0.1) is 12.7 Å². The largest absolute Gasteiger partial charge is 0.321 e. The summed E-state index contributed by atoms with van der Waals surface area (Å²) < 4.78 is 39.9. The Morgan fingerprint density at radius 3 is 2.56 bits per heavy atom. The SMILES string of the molecule is Cc1[nH]nc(C(F)F)c1C(=O)Nc1cc(F)ccc1-c1ccc(Cl)c(Cl)c1. The van der Waals surface area contributed by atoms with Crippen LogP contribution in [0.4, 0.5) is 18.9 Å². The molecule has 2 aromatic carbocycles. The number of H-pyrrole nitrogens is 1. The summed E-state index contributed by atoms with van der Waals surface area (Å²) in [6, 6.07) is 8.50. The fraction of sp³-hybridized carbons (Fsp3) is 0.111. The first kappa shape index (κ1) is 19.3. The lowest BCUT2D eigenvalue weighted by Crippen LogP contribution is -2.15. The van der Waals surface area contributed by atoms with Gasteiger partial charge in [-0.1, -0.05) is 29.3 Å². The van der Waals surface area contributed by atoms with Crippen molar-refractivity contribution < 1.29 is 18.0 Å². The number of alkyl halides is 2. The topological polar surface area (TPSA) is 57.8 Å². The molecule has 0 fully saturated rings. The summed E-state index contributed by atoms with van der Waals surface area (Å²) in [7, 11) is 0. The Morgan fingerprint density at radius 2 is 1.89 bits per heavy atom. The molecule has 0 radical (unpaired) electrons. The number of aromatic amines is 1. The Hall–Kier alpha value is -2.51. The van der Waals surface area contributed by atoms with Crippen LogP contribution in [0.3, 0.4) is 0 Å². The summed E-state index contributed by atoms with van der Waals surface area (Å²) in [5.74, 6) is -1.43. The summed E-state index contributed by atoms with van der Waals surface area (Å²) in [5, 5.41) is 8.90. The zero-order valence-corrected chi connectivity index (χ0v) is 15.3. The third-order valence-corrected chi connectivity index (χ3v) is 4.61. The second-order valence-electron chi connectivity index (χ2n) is 5.68. The first-order valence-electron chi connectivity index (χ1n) is 7.67. The Morgan fingerprint density at radius 1 is 1.15 bits per heavy atom. The van der Waals surface area contributed by atoms with E-state index in [2.05, 4.69) is 15.5 Å². The van der Waals surface area contributed by atoms with Crippen LogP contribution in [0.25, 0.3) is 11.1 Å². The van der Waals surface area contributed by atoms with E-state index in [4.69, 9.17) is 23.2 Å². The predicted molar refractivity (Wildman–Crippen MR) is 98.1 cm³/mol. The van der Waals surface area contributed by atoms with Crippen molar-refractivity contribution in [2.75, 3.05) is 5.32 Å². The molecule has 2 N–H and O–H groups in total. The summed E-state index contributed by atoms with van der Waals surface area (Å²) in [6.45, 7) is 1.44. The molecule has 0 aliphatic heterocycles. The molecular weight excluding hydrogens is 402 g/mol. The van der Waals surface area contributed by atoms with Crippen LogP contribution in [0.5, 0.6) is 0 Å². The second-order valence-corrected chi connectivity index (χ2v) is 6.50. The lowest BCUT2D eigenvalue weighted by molar-refractivity contribution is 0.101. The predicted octanol–water partition coefficient (Wildman–Crippen LogP) is 6.02. The van der Waals surface area contributed by atoms with Crippen LogP contribution >= 0.6 is 23.2 Å². The third-order valence-electron chi connectivity index (χ3n) is 3.87. The molecule has 0 saturated carbocycles. The molecular formula is C18H12Cl2F3N3O. The van der Waals surface area contributed by atoms with E-state index in [1.165, 1.54) is 19.1 Å². The van der Waals surface area contributed by atoms with Gasteiger partial charge in [-0.05, 0) is 42.8 Å². The van der Waals surface area contributed by atoms with Gasteiger partial charge >= 0.3 is 0 Å². The van der Waals surface area contributed by atoms with Crippen LogP contribution in [-0.4, -0.2) is 16.1 Å². The summed E-state index contributed by atoms with van der Waals surface area (Å²) in [6.07, 6.45) is -2.93. The number of nitrogens with zero attached hydrogens (tertiary/aromatic N) is 1. The average molecular weight is 414 g/mol. The van der Waals surface area contributed by atoms with E-state index in [0.29, 0.717) is 16.1 Å². The number of hydrogen-bond donors (Lipinski definition) is 2. The molecule has 1 heterocycles. The first-order valence-corrected chi connectivity index (χ1v) is 8.43. The lowest BCUT2D eigenvalue weighted by Gasteiger charge is -2.13. The van der Waals surface area contributed by atoms with Crippen molar-refractivity contribution in [1.82, 2.24) is 10.2 Å². The van der Waals surface area contributed by atoms with Crippen molar-refractivity contribution in [1.29, 1.82) is 0 Å². The van der Waals surface area contributed by atoms with Crippen molar-refractivity contribution in [3.63, 3.8) is 0 Å². The van der Waals surface area contributed by atoms with Gasteiger partial charge in [-0.25, -0.2) is 13.2 Å². The minimum absolute atomic E-state index is 0.0965. The lowest BCUT2D eigenvalue weighted by atomic mass is 10.0. The van der Waals surface area contributed by atoms with Gasteiger partial charge in [0.15, 0.2) is 0 Å². The molecule has 1 aromatic heterocycles. The normalized spacial score (nSPS) is 11.1. The van der Waals surface area contributed by atoms with Crippen LogP contribution in [0.1, 0.15) is 28.2 Å². The van der Waals surface area contributed by atoms with Gasteiger partial charge in [-0.3, -0.25) is 9.89 Å². The highest BCUT2D eigenvalue weighted by Gasteiger charge is 2.25. The maximum Gasteiger partial charge on any atom is 0.282 e. The molecule has 9 heteroatoms. The number of amides is 1. The second kappa shape index (κ2) is 7.62. The van der Waals surface area contributed by atoms with Crippen molar-refractivity contribution in [2.45, 2.75) is 13.3 Å². The molecule has 0 atom stereocenters. The molecule has 0 aliphatic rings. The number of carbonyl (C=O) groups excluding carboxylic acids is 1. The number of benzene rings is 2. The highest BCUT2D eigenvalue weighted by Crippen LogP contribution is 2.34. The molecule has 3 aromatic rings. The van der Waals surface area contributed by atoms with Gasteiger partial charge in [-0.15, -0.1) is 0 Å². The summed E-state index contributed by atoms with van der Waals surface area (Å²) in [5.41, 5.74) is 0.335. The molecule has 27 heavy (non-hydrogen) atoms. The molecule has 0 unspecified atom stereocenters. The Bertz CT molecular complexity index is 1020. The standard InChI is InChI=1S/C18H12Cl2F3N3O/c1-8-15(16(17(22)23)26-25-8)18(27)24-14-7-10(21)3-4-11(14)9-2-5-12(19)13(20)6-9/h2-7,17H,1H3,(H,24,27)(H,25,26). The van der Waals surface area contributed by atoms with Gasteiger partial charge in [0, 0.05) is 11.3 Å². The fourth-order valence-corrected chi connectivity index (χ4v) is 2.91. The minimum atomic E-state index is -2.93. The van der Waals surface area contributed by atoms with Crippen LogP contribution in [0.2, 0.25) is 10.0 Å². The zero-order chi connectivity index (χ0) is 19.7. The fourth-order valence-electron chi connectivity index (χ4n) is 2.61. The molecule has 1 amide bonds. The van der Waals surface area contributed by atoms with E-state index in [1.54, 1.807) is 18.2 Å². The summed E-state index contributed by atoms with van der Waals surface area (Å²) in [4.78, 5) is 12.6. The molecule has 4 nitrogen and oxygen atoms in total. The number of hydrogen-bond acceptors (Lipinski definition) is 2. The molecule has 0 aliphatic carbocycles. The van der Waals surface area contributed by atoms with E-state index in [-0.39, 0.29) is 22.0 Å². The van der Waals surface area contributed by atoms with Gasteiger partial charge in [0.05, 0.1) is 21.3 Å². The van der Waals surface area contributed by atoms with Crippen LogP contribution in [-0.2, 0) is 0 Å². The zero-order valence-electron chi connectivity index (χ0n) is 13.8. The van der Waals surface area contributed by atoms with Crippen LogP contribution < -0.4 is 5.32 Å². The third kappa shape index (κ3) is 3.94. The van der Waals surface area contributed by atoms with Crippen molar-refractivity contribution in [2.24, 2.45) is 0 Å². The van der Waals surface area contributed by atoms with Gasteiger partial charge < -0.3 is 5.32 Å². The van der Waals surface area contributed by atoms with Gasteiger partial charge in [-0.2, -0.15) is 5.10 Å². The quantitative estimate of drug-likeness (QED) is 0.549. The van der Waals surface area contributed by atoms with Crippen molar-refractivity contribution in [3.05, 3.63) is 69.2 Å². The van der Waals surface area contributed by atoms with Gasteiger partial charge in [0.2, 0.25) is 0 Å². The van der Waals surface area contributed by atoms with E-state index < -0.39 is 23.8 Å². The molecule has 0 bridgehead atoms. The number of aryl methyl sites for hydroxylation is 1. The van der Waals surface area contributed by atoms with Crippen molar-refractivity contribution >= 4 is 34.8 Å². The number of anilines is 1. The highest BCUT2D eigenvalue weighted by molar-refractivity contribution is 6.42. The molecule has 0 spiro atoms. The van der Waals surface area contributed by atoms with E-state index in [0.717, 1.165) is 6.07 Å². The Balaban J connectivity index is 2.02. The van der Waals surface area contributed by atoms with E-state index in [9.17, 15) is 18.0 Å². The van der Waals surface area contributed by atoms with Crippen molar-refractivity contribution in [3.8, 4) is 11.1 Å². The molecule has 140 valence electrons. The summed E-state index contributed by atoms with van der Waals surface area (Å²) >= 11 is 11.9. The van der Waals surface area contributed by atoms with Crippen LogP contribution in [0.15, 0.2) is 36.4 Å². The van der Waals surface area contributed by atoms with Gasteiger partial charge in [0.25, 0.3) is 12.3 Å². The smallest absolute Gasteiger partial charge is 0.282 e. The number of halogens is 5. The minimum Gasteiger partial charge on any atom is -0.321 e. The number of carbonyl (C=O) groups is 1. The molecule has 0 saturated heterocycles. The Kier molecular flexibility index (Phi) is 5.43. The highest BCUT2D eigenvalue weighted by atomic mass is 35.5. The van der Waals surface area contributed by atoms with E-state index in [1.807, 2.05) is 0 Å². The molecule has 3 rings (SSSR count). The van der Waals surface area contributed by atoms with Gasteiger partial charge in [0.1, 0.15) is 11.5 Å². The number of rotatable bonds is 4. The average Bonchev–Trinajstić information content (AvgIpc) is 2.99. The maximum atomic E-state index is 13.7.